The first-order chi connectivity index (χ1) is 9.29. The van der Waals surface area contributed by atoms with Gasteiger partial charge in [0.2, 0.25) is 0 Å². The molecular formula is C15H18N2O2. The van der Waals surface area contributed by atoms with Crippen LogP contribution in [0.1, 0.15) is 41.6 Å². The van der Waals surface area contributed by atoms with Gasteiger partial charge in [-0.25, -0.2) is 0 Å². The summed E-state index contributed by atoms with van der Waals surface area (Å²) < 4.78 is 0. The Morgan fingerprint density at radius 1 is 1.47 bits per heavy atom. The maximum Gasteiger partial charge on any atom is 0.252 e. The van der Waals surface area contributed by atoms with Gasteiger partial charge in [-0.1, -0.05) is 18.3 Å². The molecule has 1 heterocycles. The quantitative estimate of drug-likeness (QED) is 0.801. The lowest BCUT2D eigenvalue weighted by molar-refractivity contribution is 0.0938. The zero-order valence-electron chi connectivity index (χ0n) is 10.9. The topological polar surface area (TPSA) is 62.2 Å². The lowest BCUT2D eigenvalue weighted by Crippen LogP contribution is -2.32. The minimum Gasteiger partial charge on any atom is -0.395 e. The zero-order chi connectivity index (χ0) is 13.5. The van der Waals surface area contributed by atoms with Gasteiger partial charge in [0.05, 0.1) is 12.2 Å². The summed E-state index contributed by atoms with van der Waals surface area (Å²) in [5.74, 6) is 6.24. The number of aliphatic hydroxyl groups is 1. The van der Waals surface area contributed by atoms with Crippen molar-refractivity contribution in [1.29, 1.82) is 0 Å². The van der Waals surface area contributed by atoms with E-state index in [1.165, 1.54) is 19.3 Å². The molecule has 19 heavy (non-hydrogen) atoms. The van der Waals surface area contributed by atoms with Gasteiger partial charge in [-0.15, -0.1) is 0 Å². The van der Waals surface area contributed by atoms with Gasteiger partial charge in [-0.2, -0.15) is 0 Å². The van der Waals surface area contributed by atoms with Gasteiger partial charge in [0.25, 0.3) is 5.91 Å². The molecule has 0 radical (unpaired) electrons. The predicted molar refractivity (Wildman–Crippen MR) is 72.5 cm³/mol. The van der Waals surface area contributed by atoms with E-state index in [4.69, 9.17) is 5.11 Å². The Kier molecular flexibility index (Phi) is 4.93. The number of hydrogen-bond donors (Lipinski definition) is 2. The van der Waals surface area contributed by atoms with Crippen molar-refractivity contribution in [3.63, 3.8) is 0 Å². The largest absolute Gasteiger partial charge is 0.395 e. The molecule has 2 rings (SSSR count). The van der Waals surface area contributed by atoms with Crippen LogP contribution in [0, 0.1) is 17.8 Å². The van der Waals surface area contributed by atoms with Gasteiger partial charge in [-0.3, -0.25) is 9.78 Å². The molecular weight excluding hydrogens is 240 g/mol. The van der Waals surface area contributed by atoms with Crippen molar-refractivity contribution in [3.8, 4) is 11.8 Å². The molecule has 1 aromatic heterocycles. The molecule has 0 aromatic carbocycles. The smallest absolute Gasteiger partial charge is 0.252 e. The zero-order valence-corrected chi connectivity index (χ0v) is 10.9. The van der Waals surface area contributed by atoms with Crippen LogP contribution in [-0.2, 0) is 0 Å². The number of carbonyl (C=O) groups excluding carboxylic acids is 1. The number of pyridine rings is 1. The van der Waals surface area contributed by atoms with E-state index in [0.29, 0.717) is 23.5 Å². The number of carbonyl (C=O) groups is 1. The van der Waals surface area contributed by atoms with Gasteiger partial charge in [0.1, 0.15) is 0 Å². The van der Waals surface area contributed by atoms with Crippen LogP contribution >= 0.6 is 0 Å². The van der Waals surface area contributed by atoms with E-state index < -0.39 is 0 Å². The summed E-state index contributed by atoms with van der Waals surface area (Å²) in [5.41, 5.74) is 1.24. The van der Waals surface area contributed by atoms with Crippen molar-refractivity contribution in [2.24, 2.45) is 5.92 Å². The Balaban J connectivity index is 1.93. The first-order valence-electron chi connectivity index (χ1n) is 6.62. The van der Waals surface area contributed by atoms with Crippen molar-refractivity contribution in [2.75, 3.05) is 13.2 Å². The Hall–Kier alpha value is -1.86. The molecule has 1 saturated carbocycles. The number of aliphatic hydroxyl groups excluding tert-OH is 1. The van der Waals surface area contributed by atoms with Crippen LogP contribution in [0.15, 0.2) is 18.5 Å². The van der Waals surface area contributed by atoms with Gasteiger partial charge in [0, 0.05) is 30.9 Å². The first kappa shape index (κ1) is 13.6. The molecule has 0 bridgehead atoms. The van der Waals surface area contributed by atoms with Gasteiger partial charge >= 0.3 is 0 Å². The Morgan fingerprint density at radius 3 is 3.00 bits per heavy atom. The second-order valence-electron chi connectivity index (χ2n) is 4.74. The minimum atomic E-state index is -0.0924. The molecule has 0 spiro atoms. The average Bonchev–Trinajstić information content (AvgIpc) is 2.37. The number of nitrogens with zero attached hydrogens (tertiary/aromatic N) is 1. The van der Waals surface area contributed by atoms with E-state index in [2.05, 4.69) is 22.1 Å². The molecule has 0 saturated heterocycles. The van der Waals surface area contributed by atoms with Gasteiger partial charge in [-0.05, 0) is 24.8 Å². The van der Waals surface area contributed by atoms with E-state index in [9.17, 15) is 4.79 Å². The molecule has 4 nitrogen and oxygen atoms in total. The SMILES string of the molecule is O=C(NCC1CCC1)c1cncc(C#CCCO)c1. The number of hydrogen-bond acceptors (Lipinski definition) is 3. The summed E-state index contributed by atoms with van der Waals surface area (Å²) in [6, 6.07) is 1.73. The highest BCUT2D eigenvalue weighted by Gasteiger charge is 2.18. The van der Waals surface area contributed by atoms with Crippen LogP contribution in [0.2, 0.25) is 0 Å². The molecule has 0 atom stereocenters. The normalized spacial score (nSPS) is 14.2. The maximum atomic E-state index is 11.9. The highest BCUT2D eigenvalue weighted by atomic mass is 16.2. The van der Waals surface area contributed by atoms with Crippen LogP contribution in [0.25, 0.3) is 0 Å². The van der Waals surface area contributed by atoms with Crippen LogP contribution in [0.3, 0.4) is 0 Å². The van der Waals surface area contributed by atoms with Crippen molar-refractivity contribution >= 4 is 5.91 Å². The third-order valence-electron chi connectivity index (χ3n) is 3.25. The highest BCUT2D eigenvalue weighted by molar-refractivity contribution is 5.94. The Morgan fingerprint density at radius 2 is 2.32 bits per heavy atom. The summed E-state index contributed by atoms with van der Waals surface area (Å²) in [4.78, 5) is 16.0. The average molecular weight is 258 g/mol. The molecule has 2 N–H and O–H groups in total. The fourth-order valence-electron chi connectivity index (χ4n) is 1.89. The molecule has 4 heteroatoms. The lowest BCUT2D eigenvalue weighted by Gasteiger charge is -2.25. The summed E-state index contributed by atoms with van der Waals surface area (Å²) in [7, 11) is 0. The summed E-state index contributed by atoms with van der Waals surface area (Å²) in [6.07, 6.45) is 7.30. The molecule has 1 aromatic rings. The molecule has 1 amide bonds. The maximum absolute atomic E-state index is 11.9. The molecule has 100 valence electrons. The van der Waals surface area contributed by atoms with Crippen molar-refractivity contribution in [3.05, 3.63) is 29.6 Å². The number of aromatic nitrogens is 1. The standard InChI is InChI=1S/C15H18N2O2/c18-7-2-1-4-13-8-14(11-16-9-13)15(19)17-10-12-5-3-6-12/h8-9,11-12,18H,2-3,5-7,10H2,(H,17,19). The van der Waals surface area contributed by atoms with E-state index >= 15 is 0 Å². The molecule has 0 aliphatic heterocycles. The van der Waals surface area contributed by atoms with Gasteiger partial charge < -0.3 is 10.4 Å². The number of nitrogens with one attached hydrogen (secondary N) is 1. The first-order valence-corrected chi connectivity index (χ1v) is 6.62. The number of rotatable bonds is 4. The monoisotopic (exact) mass is 258 g/mol. The van der Waals surface area contributed by atoms with Gasteiger partial charge in [0.15, 0.2) is 0 Å². The van der Waals surface area contributed by atoms with Crippen molar-refractivity contribution < 1.29 is 9.90 Å². The third kappa shape index (κ3) is 4.08. The number of amides is 1. The summed E-state index contributed by atoms with van der Waals surface area (Å²) in [5, 5.41) is 11.6. The van der Waals surface area contributed by atoms with Crippen LogP contribution in [0.4, 0.5) is 0 Å². The second kappa shape index (κ2) is 6.91. The summed E-state index contributed by atoms with van der Waals surface area (Å²) in [6.45, 7) is 0.793. The summed E-state index contributed by atoms with van der Waals surface area (Å²) >= 11 is 0. The van der Waals surface area contributed by atoms with Crippen LogP contribution in [-0.4, -0.2) is 29.1 Å². The van der Waals surface area contributed by atoms with E-state index in [1.807, 2.05) is 0 Å². The molecule has 1 fully saturated rings. The van der Waals surface area contributed by atoms with Crippen molar-refractivity contribution in [1.82, 2.24) is 10.3 Å². The van der Waals surface area contributed by atoms with E-state index in [0.717, 1.165) is 6.54 Å². The third-order valence-corrected chi connectivity index (χ3v) is 3.25. The molecule has 1 aliphatic rings. The predicted octanol–water partition coefficient (Wildman–Crippen LogP) is 1.35. The highest BCUT2D eigenvalue weighted by Crippen LogP contribution is 2.25. The Bertz CT molecular complexity index is 498. The lowest BCUT2D eigenvalue weighted by atomic mass is 9.85. The van der Waals surface area contributed by atoms with E-state index in [-0.39, 0.29) is 12.5 Å². The fourth-order valence-corrected chi connectivity index (χ4v) is 1.89. The second-order valence-corrected chi connectivity index (χ2v) is 4.74. The Labute approximate surface area is 113 Å². The fraction of sp³-hybridized carbons (Fsp3) is 0.467. The van der Waals surface area contributed by atoms with Crippen LogP contribution in [0.5, 0.6) is 0 Å². The molecule has 0 unspecified atom stereocenters. The van der Waals surface area contributed by atoms with E-state index in [1.54, 1.807) is 18.5 Å². The van der Waals surface area contributed by atoms with Crippen LogP contribution < -0.4 is 5.32 Å². The van der Waals surface area contributed by atoms with Crippen molar-refractivity contribution in [2.45, 2.75) is 25.7 Å². The molecule has 1 aliphatic carbocycles. The minimum absolute atomic E-state index is 0.0436.